The molecule has 31 heavy (non-hydrogen) atoms. The fourth-order valence-corrected chi connectivity index (χ4v) is 3.22. The number of hydrogen-bond donors (Lipinski definition) is 1. The number of benzene rings is 3. The highest BCUT2D eigenvalue weighted by molar-refractivity contribution is 5.78. The fraction of sp³-hybridized carbons (Fsp3) is 0.120. The molecular formula is C25H23N3O3. The zero-order valence-electron chi connectivity index (χ0n) is 17.2. The molecule has 0 unspecified atom stereocenters. The summed E-state index contributed by atoms with van der Waals surface area (Å²) in [6, 6.07) is 27.1. The zero-order valence-corrected chi connectivity index (χ0v) is 17.2. The highest BCUT2D eigenvalue weighted by atomic mass is 16.5. The number of ether oxygens (including phenoxy) is 2. The summed E-state index contributed by atoms with van der Waals surface area (Å²) in [5.74, 6) is 0.894. The molecule has 0 spiro atoms. The Kier molecular flexibility index (Phi) is 6.28. The van der Waals surface area contributed by atoms with Crippen molar-refractivity contribution in [3.63, 3.8) is 0 Å². The summed E-state index contributed by atoms with van der Waals surface area (Å²) in [6.07, 6.45) is 1.94. The van der Waals surface area contributed by atoms with Gasteiger partial charge in [0.05, 0.1) is 18.5 Å². The highest BCUT2D eigenvalue weighted by Gasteiger charge is 2.14. The molecule has 4 rings (SSSR count). The van der Waals surface area contributed by atoms with Gasteiger partial charge in [0.15, 0.2) is 18.1 Å². The number of methoxy groups -OCH3 is 1. The first-order chi connectivity index (χ1) is 15.2. The van der Waals surface area contributed by atoms with Gasteiger partial charge in [-0.05, 0) is 24.3 Å². The molecule has 0 aliphatic carbocycles. The normalized spacial score (nSPS) is 10.5. The number of amides is 1. The van der Waals surface area contributed by atoms with Crippen LogP contribution in [0.4, 0.5) is 0 Å². The lowest BCUT2D eigenvalue weighted by Crippen LogP contribution is -2.28. The monoisotopic (exact) mass is 413 g/mol. The van der Waals surface area contributed by atoms with Crippen LogP contribution in [0.1, 0.15) is 5.56 Å². The predicted octanol–water partition coefficient (Wildman–Crippen LogP) is 4.24. The maximum Gasteiger partial charge on any atom is 0.258 e. The molecule has 3 aromatic carbocycles. The Hall–Kier alpha value is -4.06. The number of carbonyl (C=O) groups excluding carboxylic acids is 1. The van der Waals surface area contributed by atoms with Crippen molar-refractivity contribution in [2.75, 3.05) is 13.7 Å². The van der Waals surface area contributed by atoms with E-state index >= 15 is 0 Å². The number of carbonyl (C=O) groups is 1. The first-order valence-electron chi connectivity index (χ1n) is 9.96. The average Bonchev–Trinajstić information content (AvgIpc) is 3.27. The van der Waals surface area contributed by atoms with Crippen LogP contribution in [0.15, 0.2) is 91.1 Å². The molecule has 6 heteroatoms. The molecule has 156 valence electrons. The van der Waals surface area contributed by atoms with Gasteiger partial charge in [-0.1, -0.05) is 60.7 Å². The van der Waals surface area contributed by atoms with Crippen molar-refractivity contribution >= 4 is 5.91 Å². The van der Waals surface area contributed by atoms with Crippen LogP contribution >= 0.6 is 0 Å². The zero-order chi connectivity index (χ0) is 21.5. The minimum absolute atomic E-state index is 0.103. The van der Waals surface area contributed by atoms with Crippen LogP contribution in [0, 0.1) is 0 Å². The van der Waals surface area contributed by atoms with Crippen molar-refractivity contribution in [1.82, 2.24) is 15.1 Å². The second kappa shape index (κ2) is 9.63. The Bertz CT molecular complexity index is 1140. The first-order valence-corrected chi connectivity index (χ1v) is 9.96. The van der Waals surface area contributed by atoms with E-state index in [0.29, 0.717) is 18.0 Å². The quantitative estimate of drug-likeness (QED) is 0.469. The van der Waals surface area contributed by atoms with Crippen LogP contribution in [0.2, 0.25) is 0 Å². The van der Waals surface area contributed by atoms with Crippen LogP contribution < -0.4 is 14.8 Å². The molecule has 0 saturated carbocycles. The van der Waals surface area contributed by atoms with Gasteiger partial charge in [0.1, 0.15) is 0 Å². The van der Waals surface area contributed by atoms with Crippen LogP contribution in [-0.2, 0) is 11.3 Å². The number of aromatic nitrogens is 2. The molecular weight excluding hydrogens is 390 g/mol. The van der Waals surface area contributed by atoms with E-state index in [1.165, 1.54) is 0 Å². The van der Waals surface area contributed by atoms with E-state index in [1.54, 1.807) is 19.2 Å². The maximum atomic E-state index is 12.4. The van der Waals surface area contributed by atoms with Gasteiger partial charge in [0, 0.05) is 23.9 Å². The molecule has 0 atom stereocenters. The van der Waals surface area contributed by atoms with Crippen LogP contribution in [-0.4, -0.2) is 29.4 Å². The summed E-state index contributed by atoms with van der Waals surface area (Å²) in [6.45, 7) is 0.235. The van der Waals surface area contributed by atoms with Gasteiger partial charge < -0.3 is 14.8 Å². The molecule has 1 amide bonds. The van der Waals surface area contributed by atoms with E-state index in [0.717, 1.165) is 22.5 Å². The van der Waals surface area contributed by atoms with Crippen molar-refractivity contribution in [2.45, 2.75) is 6.54 Å². The van der Waals surface area contributed by atoms with Crippen molar-refractivity contribution in [2.24, 2.45) is 0 Å². The van der Waals surface area contributed by atoms with E-state index in [4.69, 9.17) is 14.6 Å². The van der Waals surface area contributed by atoms with Gasteiger partial charge in [-0.15, -0.1) is 0 Å². The molecule has 0 radical (unpaired) electrons. The van der Waals surface area contributed by atoms with Crippen molar-refractivity contribution in [3.05, 3.63) is 96.7 Å². The Morgan fingerprint density at radius 1 is 0.903 bits per heavy atom. The van der Waals surface area contributed by atoms with E-state index in [2.05, 4.69) is 5.32 Å². The van der Waals surface area contributed by atoms with Crippen LogP contribution in [0.25, 0.3) is 16.9 Å². The van der Waals surface area contributed by atoms with Gasteiger partial charge in [0.2, 0.25) is 0 Å². The molecule has 4 aromatic rings. The van der Waals surface area contributed by atoms with Gasteiger partial charge in [-0.3, -0.25) is 4.79 Å². The molecule has 1 heterocycles. The summed E-state index contributed by atoms with van der Waals surface area (Å²) in [4.78, 5) is 12.4. The Balaban J connectivity index is 1.48. The van der Waals surface area contributed by atoms with Crippen LogP contribution in [0.5, 0.6) is 11.5 Å². The topological polar surface area (TPSA) is 65.4 Å². The molecule has 1 aromatic heterocycles. The largest absolute Gasteiger partial charge is 0.493 e. The maximum absolute atomic E-state index is 12.4. The smallest absolute Gasteiger partial charge is 0.258 e. The average molecular weight is 413 g/mol. The van der Waals surface area contributed by atoms with E-state index in [-0.39, 0.29) is 12.5 Å². The first kappa shape index (κ1) is 20.2. The summed E-state index contributed by atoms with van der Waals surface area (Å²) in [5.41, 5.74) is 3.69. The van der Waals surface area contributed by atoms with Crippen molar-refractivity contribution in [1.29, 1.82) is 0 Å². The van der Waals surface area contributed by atoms with Gasteiger partial charge in [-0.25, -0.2) is 4.68 Å². The lowest BCUT2D eigenvalue weighted by Gasteiger charge is -2.10. The predicted molar refractivity (Wildman–Crippen MR) is 119 cm³/mol. The second-order valence-corrected chi connectivity index (χ2v) is 6.87. The molecule has 6 nitrogen and oxygen atoms in total. The number of hydrogen-bond acceptors (Lipinski definition) is 4. The minimum atomic E-state index is -0.225. The minimum Gasteiger partial charge on any atom is -0.493 e. The lowest BCUT2D eigenvalue weighted by molar-refractivity contribution is -0.123. The third-order valence-electron chi connectivity index (χ3n) is 4.76. The molecule has 0 aliphatic rings. The lowest BCUT2D eigenvalue weighted by atomic mass is 10.1. The Morgan fingerprint density at radius 2 is 1.55 bits per heavy atom. The standard InChI is InChI=1S/C25H23N3O3/c1-30-22-14-8-9-15-23(22)31-18-24(29)26-16-20-17-28(21-12-6-3-7-13-21)27-25(20)19-10-4-2-5-11-19/h2-15,17H,16,18H2,1H3,(H,26,29). The molecule has 1 N–H and O–H groups in total. The van der Waals surface area contributed by atoms with Crippen molar-refractivity contribution < 1.29 is 14.3 Å². The van der Waals surface area contributed by atoms with E-state index < -0.39 is 0 Å². The van der Waals surface area contributed by atoms with E-state index in [9.17, 15) is 4.79 Å². The molecule has 0 saturated heterocycles. The second-order valence-electron chi connectivity index (χ2n) is 6.87. The highest BCUT2D eigenvalue weighted by Crippen LogP contribution is 2.26. The number of nitrogens with one attached hydrogen (secondary N) is 1. The SMILES string of the molecule is COc1ccccc1OCC(=O)NCc1cn(-c2ccccc2)nc1-c1ccccc1. The molecule has 0 fully saturated rings. The van der Waals surface area contributed by atoms with Crippen LogP contribution in [0.3, 0.4) is 0 Å². The molecule has 0 bridgehead atoms. The van der Waals surface area contributed by atoms with E-state index in [1.807, 2.05) is 83.7 Å². The van der Waals surface area contributed by atoms with Crippen molar-refractivity contribution in [3.8, 4) is 28.4 Å². The number of rotatable bonds is 8. The Morgan fingerprint density at radius 3 is 2.26 bits per heavy atom. The van der Waals surface area contributed by atoms with Gasteiger partial charge in [0.25, 0.3) is 5.91 Å². The third-order valence-corrected chi connectivity index (χ3v) is 4.76. The summed E-state index contributed by atoms with van der Waals surface area (Å²) < 4.78 is 12.7. The van der Waals surface area contributed by atoms with Gasteiger partial charge >= 0.3 is 0 Å². The Labute approximate surface area is 181 Å². The summed E-state index contributed by atoms with van der Waals surface area (Å²) in [7, 11) is 1.57. The van der Waals surface area contributed by atoms with Gasteiger partial charge in [-0.2, -0.15) is 5.10 Å². The number of para-hydroxylation sites is 3. The third kappa shape index (κ3) is 4.93. The number of nitrogens with zero attached hydrogens (tertiary/aromatic N) is 2. The summed E-state index contributed by atoms with van der Waals surface area (Å²) >= 11 is 0. The molecule has 0 aliphatic heterocycles. The summed E-state index contributed by atoms with van der Waals surface area (Å²) in [5, 5.41) is 7.69. The fourth-order valence-electron chi connectivity index (χ4n) is 3.22.